The summed E-state index contributed by atoms with van der Waals surface area (Å²) >= 11 is 0. The van der Waals surface area contributed by atoms with Gasteiger partial charge in [-0.25, -0.2) is 23.9 Å². The fourth-order valence-corrected chi connectivity index (χ4v) is 4.70. The van der Waals surface area contributed by atoms with Gasteiger partial charge in [0, 0.05) is 44.1 Å². The molecule has 1 fully saturated rings. The van der Waals surface area contributed by atoms with Gasteiger partial charge < -0.3 is 19.9 Å². The fraction of sp³-hybridized carbons (Fsp3) is 0.179. The van der Waals surface area contributed by atoms with Crippen molar-refractivity contribution in [1.82, 2.24) is 29.5 Å². The lowest BCUT2D eigenvalue weighted by molar-refractivity contribution is -0.126. The molecule has 0 radical (unpaired) electrons. The van der Waals surface area contributed by atoms with Crippen LogP contribution in [-0.4, -0.2) is 61.6 Å². The maximum atomic E-state index is 15.9. The Balaban J connectivity index is 1.24. The smallest absolute Gasteiger partial charge is 0.246 e. The van der Waals surface area contributed by atoms with Crippen molar-refractivity contribution in [2.24, 2.45) is 0 Å². The average Bonchev–Trinajstić information content (AvgIpc) is 3.43. The van der Waals surface area contributed by atoms with Gasteiger partial charge in [-0.1, -0.05) is 6.58 Å². The number of anilines is 3. The fourth-order valence-electron chi connectivity index (χ4n) is 4.70. The maximum absolute atomic E-state index is 15.9. The number of carbonyl (C=O) groups excluding carboxylic acids is 1. The van der Waals surface area contributed by atoms with Crippen LogP contribution in [0, 0.1) is 12.7 Å². The van der Waals surface area contributed by atoms with Crippen LogP contribution in [-0.2, 0) is 4.79 Å². The summed E-state index contributed by atoms with van der Waals surface area (Å²) < 4.78 is 23.6. The molecule has 0 spiro atoms. The highest BCUT2D eigenvalue weighted by Gasteiger charge is 2.23. The van der Waals surface area contributed by atoms with Crippen molar-refractivity contribution in [1.29, 1.82) is 0 Å². The van der Waals surface area contributed by atoms with Gasteiger partial charge in [-0.15, -0.1) is 0 Å². The van der Waals surface area contributed by atoms with Crippen LogP contribution in [0.4, 0.5) is 21.6 Å². The second-order valence-corrected chi connectivity index (χ2v) is 9.16. The van der Waals surface area contributed by atoms with Gasteiger partial charge in [0.05, 0.1) is 16.6 Å². The highest BCUT2D eigenvalue weighted by Crippen LogP contribution is 2.34. The lowest BCUT2D eigenvalue weighted by Gasteiger charge is -2.35. The van der Waals surface area contributed by atoms with Crippen molar-refractivity contribution < 1.29 is 13.9 Å². The van der Waals surface area contributed by atoms with E-state index in [1.165, 1.54) is 18.7 Å². The minimum absolute atomic E-state index is 0.114. The van der Waals surface area contributed by atoms with Crippen molar-refractivity contribution in [3.8, 4) is 11.5 Å². The molecule has 6 rings (SSSR count). The van der Waals surface area contributed by atoms with Crippen LogP contribution in [0.5, 0.6) is 11.5 Å². The summed E-state index contributed by atoms with van der Waals surface area (Å²) in [5, 5.41) is 7.65. The zero-order valence-electron chi connectivity index (χ0n) is 21.2. The predicted octanol–water partition coefficient (Wildman–Crippen LogP) is 4.49. The zero-order chi connectivity index (χ0) is 26.9. The minimum Gasteiger partial charge on any atom is -0.457 e. The first-order valence-electron chi connectivity index (χ1n) is 12.4. The van der Waals surface area contributed by atoms with E-state index in [1.807, 2.05) is 42.2 Å². The molecule has 0 saturated carbocycles. The number of pyridine rings is 1. The van der Waals surface area contributed by atoms with E-state index in [0.717, 1.165) is 11.3 Å². The van der Waals surface area contributed by atoms with Crippen molar-refractivity contribution in [2.75, 3.05) is 36.4 Å². The molecule has 0 bridgehead atoms. The van der Waals surface area contributed by atoms with Gasteiger partial charge in [-0.05, 0) is 55.0 Å². The third-order valence-electron chi connectivity index (χ3n) is 6.74. The van der Waals surface area contributed by atoms with E-state index in [9.17, 15) is 4.79 Å². The number of hydrogen-bond donors (Lipinski definition) is 1. The molecule has 11 heteroatoms. The molecule has 0 aliphatic carbocycles. The summed E-state index contributed by atoms with van der Waals surface area (Å²) in [5.74, 6) is 1.17. The van der Waals surface area contributed by atoms with Crippen LogP contribution in [0.3, 0.4) is 0 Å². The molecule has 1 aliphatic heterocycles. The topological polar surface area (TPSA) is 101 Å². The highest BCUT2D eigenvalue weighted by molar-refractivity contribution is 5.94. The summed E-state index contributed by atoms with van der Waals surface area (Å²) in [6, 6.07) is 12.8. The quantitative estimate of drug-likeness (QED) is 0.324. The van der Waals surface area contributed by atoms with Crippen molar-refractivity contribution in [3.05, 3.63) is 85.4 Å². The Bertz CT molecular complexity index is 1710. The average molecular weight is 525 g/mol. The molecule has 10 nitrogen and oxygen atoms in total. The number of ether oxygens (including phenoxy) is 1. The van der Waals surface area contributed by atoms with Gasteiger partial charge in [-0.2, -0.15) is 5.10 Å². The van der Waals surface area contributed by atoms with E-state index in [0.29, 0.717) is 65.7 Å². The molecule has 2 aromatic carbocycles. The molecule has 4 heterocycles. The number of fused-ring (bicyclic) bond motifs is 2. The molecule has 3 aromatic heterocycles. The number of nitrogens with one attached hydrogen (secondary N) is 1. The van der Waals surface area contributed by atoms with Crippen LogP contribution >= 0.6 is 0 Å². The third kappa shape index (κ3) is 4.70. The van der Waals surface area contributed by atoms with Crippen LogP contribution in [0.15, 0.2) is 74.0 Å². The molecule has 0 atom stereocenters. The molecule has 1 aliphatic rings. The van der Waals surface area contributed by atoms with E-state index in [1.54, 1.807) is 27.7 Å². The third-order valence-corrected chi connectivity index (χ3v) is 6.74. The number of carbonyl (C=O) groups is 1. The molecular weight excluding hydrogens is 499 g/mol. The first kappa shape index (κ1) is 24.3. The lowest BCUT2D eigenvalue weighted by atomic mass is 10.1. The Morgan fingerprint density at radius 1 is 1.05 bits per heavy atom. The molecule has 0 unspecified atom stereocenters. The second-order valence-electron chi connectivity index (χ2n) is 9.16. The first-order valence-corrected chi connectivity index (χ1v) is 12.4. The van der Waals surface area contributed by atoms with Gasteiger partial charge in [0.25, 0.3) is 0 Å². The summed E-state index contributed by atoms with van der Waals surface area (Å²) in [6.45, 7) is 7.51. The Morgan fingerprint density at radius 3 is 2.69 bits per heavy atom. The van der Waals surface area contributed by atoms with Gasteiger partial charge in [-0.3, -0.25) is 4.79 Å². The SMILES string of the molecule is C=CC(=O)N1CCN(c2ccc3ncnc(Nc4ccc(Oc5ccn6ncnc6c5)c(C)c4)c3c2F)CC1. The number of piperazine rings is 1. The van der Waals surface area contributed by atoms with Crippen LogP contribution in [0.1, 0.15) is 5.56 Å². The van der Waals surface area contributed by atoms with E-state index < -0.39 is 5.82 Å². The van der Waals surface area contributed by atoms with E-state index in [2.05, 4.69) is 31.9 Å². The second kappa shape index (κ2) is 10.0. The standard InChI is InChI=1S/C28H25FN8O2/c1-3-25(38)36-12-10-35(11-13-36)22-6-5-21-26(27(22)29)28(32-16-30-21)34-19-4-7-23(18(2)14-19)39-20-8-9-37-24(15-20)31-17-33-37/h3-9,14-17H,1,10-13H2,2H3,(H,30,32,34). The molecule has 1 amide bonds. The van der Waals surface area contributed by atoms with Crippen LogP contribution in [0.2, 0.25) is 0 Å². The maximum Gasteiger partial charge on any atom is 0.246 e. The molecule has 196 valence electrons. The van der Waals surface area contributed by atoms with Gasteiger partial charge in [0.1, 0.15) is 30.0 Å². The van der Waals surface area contributed by atoms with Gasteiger partial charge in [0.2, 0.25) is 5.91 Å². The minimum atomic E-state index is -0.403. The number of halogens is 1. The number of rotatable bonds is 6. The Morgan fingerprint density at radius 2 is 1.90 bits per heavy atom. The Hall–Kier alpha value is -5.06. The van der Waals surface area contributed by atoms with Crippen LogP contribution in [0.25, 0.3) is 16.6 Å². The van der Waals surface area contributed by atoms with E-state index in [4.69, 9.17) is 4.74 Å². The number of amides is 1. The Labute approximate surface area is 223 Å². The number of nitrogens with zero attached hydrogens (tertiary/aromatic N) is 7. The largest absolute Gasteiger partial charge is 0.457 e. The van der Waals surface area contributed by atoms with Crippen molar-refractivity contribution >= 4 is 39.6 Å². The van der Waals surface area contributed by atoms with Crippen molar-refractivity contribution in [3.63, 3.8) is 0 Å². The zero-order valence-corrected chi connectivity index (χ0v) is 21.2. The summed E-state index contributed by atoms with van der Waals surface area (Å²) in [7, 11) is 0. The van der Waals surface area contributed by atoms with E-state index in [-0.39, 0.29) is 5.91 Å². The number of benzene rings is 2. The summed E-state index contributed by atoms with van der Waals surface area (Å²) in [4.78, 5) is 28.4. The summed E-state index contributed by atoms with van der Waals surface area (Å²) in [5.41, 5.74) is 3.25. The molecule has 1 saturated heterocycles. The van der Waals surface area contributed by atoms with E-state index >= 15 is 4.39 Å². The molecule has 1 N–H and O–H groups in total. The van der Waals surface area contributed by atoms with Crippen LogP contribution < -0.4 is 15.0 Å². The first-order chi connectivity index (χ1) is 19.0. The monoisotopic (exact) mass is 524 g/mol. The van der Waals surface area contributed by atoms with Gasteiger partial charge >= 0.3 is 0 Å². The molecular formula is C28H25FN8O2. The van der Waals surface area contributed by atoms with Gasteiger partial charge in [0.15, 0.2) is 11.5 Å². The highest BCUT2D eigenvalue weighted by atomic mass is 19.1. The molecule has 5 aromatic rings. The number of aryl methyl sites for hydroxylation is 1. The number of hydrogen-bond acceptors (Lipinski definition) is 8. The summed E-state index contributed by atoms with van der Waals surface area (Å²) in [6.07, 6.45) is 5.99. The Kier molecular flexibility index (Phi) is 6.23. The lowest BCUT2D eigenvalue weighted by Crippen LogP contribution is -2.48. The number of aromatic nitrogens is 5. The van der Waals surface area contributed by atoms with Crippen molar-refractivity contribution in [2.45, 2.75) is 6.92 Å². The molecule has 39 heavy (non-hydrogen) atoms. The predicted molar refractivity (Wildman–Crippen MR) is 146 cm³/mol. The normalized spacial score (nSPS) is 13.6.